The fourth-order valence-corrected chi connectivity index (χ4v) is 2.26. The Balaban J connectivity index is 2.35. The van der Waals surface area contributed by atoms with E-state index in [1.165, 1.54) is 11.1 Å². The van der Waals surface area contributed by atoms with E-state index in [0.717, 1.165) is 5.56 Å². The molecule has 0 bridgehead atoms. The van der Waals surface area contributed by atoms with Crippen molar-refractivity contribution >= 4 is 29.2 Å². The Labute approximate surface area is 103 Å². The lowest BCUT2D eigenvalue weighted by Crippen LogP contribution is -2.26. The van der Waals surface area contributed by atoms with Crippen molar-refractivity contribution < 1.29 is 14.7 Å². The summed E-state index contributed by atoms with van der Waals surface area (Å²) in [5.41, 5.74) is 1.33. The molecule has 1 aliphatic heterocycles. The van der Waals surface area contributed by atoms with Gasteiger partial charge in [0.2, 0.25) is 5.91 Å². The number of aromatic nitrogens is 1. The topological polar surface area (TPSA) is 70.5 Å². The quantitative estimate of drug-likeness (QED) is 0.868. The Morgan fingerprint density at radius 1 is 1.59 bits per heavy atom. The van der Waals surface area contributed by atoms with E-state index in [4.69, 9.17) is 16.7 Å². The van der Waals surface area contributed by atoms with Crippen molar-refractivity contribution in [3.05, 3.63) is 23.0 Å². The van der Waals surface area contributed by atoms with Crippen molar-refractivity contribution in [1.29, 1.82) is 0 Å². The third-order valence-corrected chi connectivity index (χ3v) is 3.08. The van der Waals surface area contributed by atoms with E-state index in [0.29, 0.717) is 10.7 Å². The van der Waals surface area contributed by atoms with Crippen molar-refractivity contribution in [2.45, 2.75) is 13.3 Å². The average molecular weight is 255 g/mol. The lowest BCUT2D eigenvalue weighted by molar-refractivity contribution is -0.141. The van der Waals surface area contributed by atoms with Gasteiger partial charge in [-0.05, 0) is 12.5 Å². The average Bonchev–Trinajstić information content (AvgIpc) is 2.61. The summed E-state index contributed by atoms with van der Waals surface area (Å²) in [7, 11) is 0. The van der Waals surface area contributed by atoms with Gasteiger partial charge in [-0.3, -0.25) is 14.6 Å². The molecule has 90 valence electrons. The van der Waals surface area contributed by atoms with Crippen molar-refractivity contribution in [2.24, 2.45) is 5.92 Å². The first-order valence-electron chi connectivity index (χ1n) is 5.14. The first kappa shape index (κ1) is 11.9. The molecule has 6 heteroatoms. The molecule has 1 fully saturated rings. The zero-order valence-corrected chi connectivity index (χ0v) is 9.94. The van der Waals surface area contributed by atoms with Crippen LogP contribution in [0.2, 0.25) is 5.02 Å². The summed E-state index contributed by atoms with van der Waals surface area (Å²) < 4.78 is 0. The summed E-state index contributed by atoms with van der Waals surface area (Å²) >= 11 is 6.00. The number of carboxylic acids is 1. The molecule has 2 heterocycles. The van der Waals surface area contributed by atoms with Crippen LogP contribution in [0.4, 0.5) is 5.69 Å². The van der Waals surface area contributed by atoms with Crippen LogP contribution < -0.4 is 4.90 Å². The third-order valence-electron chi connectivity index (χ3n) is 2.80. The van der Waals surface area contributed by atoms with Gasteiger partial charge < -0.3 is 10.0 Å². The molecule has 1 aliphatic rings. The summed E-state index contributed by atoms with van der Waals surface area (Å²) in [5.74, 6) is -1.83. The molecule has 1 aromatic rings. The van der Waals surface area contributed by atoms with Crippen LogP contribution in [-0.4, -0.2) is 28.5 Å². The van der Waals surface area contributed by atoms with E-state index in [1.807, 2.05) is 0 Å². The largest absolute Gasteiger partial charge is 0.481 e. The second-order valence-electron chi connectivity index (χ2n) is 4.03. The van der Waals surface area contributed by atoms with E-state index in [2.05, 4.69) is 4.98 Å². The van der Waals surface area contributed by atoms with Crippen LogP contribution in [0.25, 0.3) is 0 Å². The van der Waals surface area contributed by atoms with Crippen LogP contribution in [0.3, 0.4) is 0 Å². The van der Waals surface area contributed by atoms with Crippen molar-refractivity contribution in [3.8, 4) is 0 Å². The number of carbonyl (C=O) groups excluding carboxylic acids is 1. The molecule has 17 heavy (non-hydrogen) atoms. The minimum atomic E-state index is -0.955. The minimum absolute atomic E-state index is 0.0213. The van der Waals surface area contributed by atoms with E-state index in [1.54, 1.807) is 13.1 Å². The SMILES string of the molecule is Cc1cncc(Cl)c1N1CC(C(=O)O)CC1=O. The maximum atomic E-state index is 11.8. The van der Waals surface area contributed by atoms with E-state index in [9.17, 15) is 9.59 Å². The molecular formula is C11H11ClN2O3. The Morgan fingerprint density at radius 2 is 2.29 bits per heavy atom. The lowest BCUT2D eigenvalue weighted by atomic mass is 10.1. The number of hydrogen-bond acceptors (Lipinski definition) is 3. The zero-order chi connectivity index (χ0) is 12.6. The number of anilines is 1. The molecule has 0 aliphatic carbocycles. The summed E-state index contributed by atoms with van der Waals surface area (Å²) in [6.07, 6.45) is 3.07. The van der Waals surface area contributed by atoms with Gasteiger partial charge in [0.05, 0.1) is 16.6 Å². The predicted octanol–water partition coefficient (Wildman–Crippen LogP) is 1.48. The maximum absolute atomic E-state index is 11.8. The molecule has 0 spiro atoms. The smallest absolute Gasteiger partial charge is 0.308 e. The van der Waals surface area contributed by atoms with Gasteiger partial charge in [-0.25, -0.2) is 0 Å². The number of rotatable bonds is 2. The summed E-state index contributed by atoms with van der Waals surface area (Å²) in [6, 6.07) is 0. The minimum Gasteiger partial charge on any atom is -0.481 e. The molecule has 0 aromatic carbocycles. The second kappa shape index (κ2) is 4.33. The highest BCUT2D eigenvalue weighted by Gasteiger charge is 2.36. The van der Waals surface area contributed by atoms with Gasteiger partial charge in [-0.2, -0.15) is 0 Å². The molecule has 5 nitrogen and oxygen atoms in total. The molecular weight excluding hydrogens is 244 g/mol. The van der Waals surface area contributed by atoms with Crippen molar-refractivity contribution in [3.63, 3.8) is 0 Å². The van der Waals surface area contributed by atoms with Crippen LogP contribution in [0, 0.1) is 12.8 Å². The number of carboxylic acid groups (broad SMARTS) is 1. The van der Waals surface area contributed by atoms with Gasteiger partial charge in [-0.15, -0.1) is 0 Å². The number of hydrogen-bond donors (Lipinski definition) is 1. The number of aliphatic carboxylic acids is 1. The summed E-state index contributed by atoms with van der Waals surface area (Å²) in [5, 5.41) is 9.28. The molecule has 2 rings (SSSR count). The third kappa shape index (κ3) is 2.10. The maximum Gasteiger partial charge on any atom is 0.308 e. The Bertz CT molecular complexity index is 469. The van der Waals surface area contributed by atoms with Crippen molar-refractivity contribution in [2.75, 3.05) is 11.4 Å². The monoisotopic (exact) mass is 254 g/mol. The standard InChI is InChI=1S/C11H11ClN2O3/c1-6-3-13-4-8(12)10(6)14-5-7(11(16)17)2-9(14)15/h3-4,7H,2,5H2,1H3,(H,16,17). The number of pyridine rings is 1. The summed E-state index contributed by atoms with van der Waals surface area (Å²) in [6.45, 7) is 1.95. The molecule has 1 N–H and O–H groups in total. The van der Waals surface area contributed by atoms with E-state index in [-0.39, 0.29) is 18.9 Å². The zero-order valence-electron chi connectivity index (χ0n) is 9.18. The molecule has 1 amide bonds. The van der Waals surface area contributed by atoms with Gasteiger partial charge in [0.1, 0.15) is 0 Å². The Kier molecular flexibility index (Phi) is 3.02. The van der Waals surface area contributed by atoms with E-state index >= 15 is 0 Å². The molecule has 1 unspecified atom stereocenters. The number of nitrogens with zero attached hydrogens (tertiary/aromatic N) is 2. The fraction of sp³-hybridized carbons (Fsp3) is 0.364. The fourth-order valence-electron chi connectivity index (χ4n) is 1.96. The Morgan fingerprint density at radius 3 is 2.82 bits per heavy atom. The normalized spacial score (nSPS) is 19.8. The molecule has 1 atom stereocenters. The van der Waals surface area contributed by atoms with Crippen LogP contribution >= 0.6 is 11.6 Å². The molecule has 0 radical (unpaired) electrons. The number of carbonyl (C=O) groups is 2. The lowest BCUT2D eigenvalue weighted by Gasteiger charge is -2.19. The number of halogens is 1. The number of aryl methyl sites for hydroxylation is 1. The van der Waals surface area contributed by atoms with Crippen LogP contribution in [0.15, 0.2) is 12.4 Å². The second-order valence-corrected chi connectivity index (χ2v) is 4.44. The highest BCUT2D eigenvalue weighted by Crippen LogP contribution is 2.33. The van der Waals surface area contributed by atoms with Crippen LogP contribution in [-0.2, 0) is 9.59 Å². The number of amides is 1. The Hall–Kier alpha value is -1.62. The predicted molar refractivity (Wildman–Crippen MR) is 62.1 cm³/mol. The van der Waals surface area contributed by atoms with Crippen LogP contribution in [0.5, 0.6) is 0 Å². The first-order valence-corrected chi connectivity index (χ1v) is 5.51. The molecule has 0 saturated carbocycles. The summed E-state index contributed by atoms with van der Waals surface area (Å²) in [4.78, 5) is 28.0. The van der Waals surface area contributed by atoms with Gasteiger partial charge >= 0.3 is 5.97 Å². The highest BCUT2D eigenvalue weighted by molar-refractivity contribution is 6.34. The van der Waals surface area contributed by atoms with Gasteiger partial charge in [0.25, 0.3) is 0 Å². The van der Waals surface area contributed by atoms with E-state index < -0.39 is 11.9 Å². The van der Waals surface area contributed by atoms with Gasteiger partial charge in [-0.1, -0.05) is 11.6 Å². The molecule has 1 saturated heterocycles. The van der Waals surface area contributed by atoms with Gasteiger partial charge in [0.15, 0.2) is 0 Å². The first-order chi connectivity index (χ1) is 8.00. The highest BCUT2D eigenvalue weighted by atomic mass is 35.5. The van der Waals surface area contributed by atoms with Gasteiger partial charge in [0, 0.05) is 25.4 Å². The van der Waals surface area contributed by atoms with Crippen molar-refractivity contribution in [1.82, 2.24) is 4.98 Å². The molecule has 1 aromatic heterocycles. The van der Waals surface area contributed by atoms with Crippen LogP contribution in [0.1, 0.15) is 12.0 Å².